The first kappa shape index (κ1) is 57.2. The fraction of sp³-hybridized carbons (Fsp3) is 0.226. The maximum absolute atomic E-state index is 13.6. The molecule has 0 saturated carbocycles. The van der Waals surface area contributed by atoms with Gasteiger partial charge in [-0.1, -0.05) is 72.2 Å². The lowest BCUT2D eigenvalue weighted by molar-refractivity contribution is -0.138. The number of rotatable bonds is 31. The van der Waals surface area contributed by atoms with Gasteiger partial charge in [-0.3, -0.25) is 10.9 Å². The Morgan fingerprint density at radius 1 is 0.487 bits per heavy atom. The number of thiazole rings is 2. The molecule has 0 aliphatic rings. The zero-order valence-corrected chi connectivity index (χ0v) is 45.6. The summed E-state index contributed by atoms with van der Waals surface area (Å²) in [6.07, 6.45) is 13.6. The molecule has 8 aromatic rings. The summed E-state index contributed by atoms with van der Waals surface area (Å²) in [5.74, 6) is -0.0307. The first-order valence-corrected chi connectivity index (χ1v) is 27.9. The number of para-hydroxylation sites is 2. The number of hydrazone groups is 2. The van der Waals surface area contributed by atoms with Gasteiger partial charge in [-0.15, -0.1) is 0 Å². The van der Waals surface area contributed by atoms with Crippen molar-refractivity contribution in [3.8, 4) is 23.0 Å². The lowest BCUT2D eigenvalue weighted by atomic mass is 10.0. The smallest absolute Gasteiger partial charge is 0.343 e. The Kier molecular flexibility index (Phi) is 21.6. The Morgan fingerprint density at radius 3 is 1.29 bits per heavy atom. The van der Waals surface area contributed by atoms with Crippen molar-refractivity contribution in [3.05, 3.63) is 192 Å². The van der Waals surface area contributed by atoms with Crippen molar-refractivity contribution in [2.24, 2.45) is 10.2 Å². The van der Waals surface area contributed by atoms with Crippen LogP contribution in [0.1, 0.15) is 94.3 Å². The van der Waals surface area contributed by atoms with Gasteiger partial charge in [0.25, 0.3) is 0 Å². The lowest BCUT2D eigenvalue weighted by Crippen LogP contribution is -2.11. The third kappa shape index (κ3) is 17.8. The van der Waals surface area contributed by atoms with Crippen molar-refractivity contribution in [2.75, 3.05) is 37.3 Å². The molecule has 0 amide bonds. The van der Waals surface area contributed by atoms with E-state index < -0.39 is 23.9 Å². The van der Waals surface area contributed by atoms with E-state index in [1.807, 2.05) is 72.8 Å². The van der Waals surface area contributed by atoms with Crippen LogP contribution in [-0.2, 0) is 31.9 Å². The minimum Gasteiger partial charge on any atom is -0.494 e. The molecular weight excluding hydrogens is 1050 g/mol. The van der Waals surface area contributed by atoms with Crippen LogP contribution in [0.25, 0.3) is 20.4 Å². The number of carbonyl (C=O) groups is 4. The Hall–Kier alpha value is -9.00. The molecule has 0 saturated heterocycles. The second-order valence-corrected chi connectivity index (χ2v) is 20.1. The van der Waals surface area contributed by atoms with Gasteiger partial charge in [0.05, 0.1) is 70.4 Å². The first-order chi connectivity index (χ1) is 39.2. The Bertz CT molecular complexity index is 3150. The molecule has 0 unspecified atom stereocenters. The molecular formula is C62H60N6O10S2. The van der Waals surface area contributed by atoms with Crippen LogP contribution >= 0.6 is 22.7 Å². The van der Waals surface area contributed by atoms with Crippen LogP contribution in [0.2, 0.25) is 0 Å². The molecule has 2 heterocycles. The van der Waals surface area contributed by atoms with Gasteiger partial charge in [0, 0.05) is 23.3 Å². The number of anilines is 2. The summed E-state index contributed by atoms with van der Waals surface area (Å²) in [5, 5.41) is 10.2. The van der Waals surface area contributed by atoms with Crippen molar-refractivity contribution < 1.29 is 47.6 Å². The third-order valence-corrected chi connectivity index (χ3v) is 14.1. The monoisotopic (exact) mass is 1110 g/mol. The van der Waals surface area contributed by atoms with Gasteiger partial charge in [0.15, 0.2) is 0 Å². The number of nitrogens with zero attached hydrogens (tertiary/aromatic N) is 4. The largest absolute Gasteiger partial charge is 0.494 e. The fourth-order valence-electron chi connectivity index (χ4n) is 7.99. The third-order valence-electron chi connectivity index (χ3n) is 12.2. The number of aryl methyl sites for hydroxylation is 2. The van der Waals surface area contributed by atoms with Gasteiger partial charge in [0.1, 0.15) is 23.0 Å². The number of aromatic nitrogens is 2. The molecule has 0 spiro atoms. The van der Waals surface area contributed by atoms with Crippen LogP contribution < -0.4 is 29.8 Å². The fourth-order valence-corrected chi connectivity index (χ4v) is 9.62. The van der Waals surface area contributed by atoms with E-state index in [0.717, 1.165) is 95.1 Å². The predicted octanol–water partition coefficient (Wildman–Crippen LogP) is 13.4. The number of hydrogen-bond donors (Lipinski definition) is 2. The number of benzene rings is 6. The highest BCUT2D eigenvalue weighted by atomic mass is 32.1. The van der Waals surface area contributed by atoms with Gasteiger partial charge < -0.3 is 28.4 Å². The molecule has 410 valence electrons. The second kappa shape index (κ2) is 30.2. The van der Waals surface area contributed by atoms with E-state index in [9.17, 15) is 19.2 Å². The molecule has 2 aromatic heterocycles. The van der Waals surface area contributed by atoms with Gasteiger partial charge in [0.2, 0.25) is 10.3 Å². The summed E-state index contributed by atoms with van der Waals surface area (Å²) >= 11 is 2.95. The van der Waals surface area contributed by atoms with Crippen LogP contribution in [0.5, 0.6) is 23.0 Å². The molecule has 0 aliphatic carbocycles. The minimum absolute atomic E-state index is 0.314. The van der Waals surface area contributed by atoms with E-state index in [1.165, 1.54) is 22.7 Å². The summed E-state index contributed by atoms with van der Waals surface area (Å²) in [6.45, 7) is 8.55. The summed E-state index contributed by atoms with van der Waals surface area (Å²) in [6, 6.07) is 40.5. The highest BCUT2D eigenvalue weighted by Gasteiger charge is 2.16. The van der Waals surface area contributed by atoms with Crippen molar-refractivity contribution in [1.29, 1.82) is 0 Å². The molecule has 80 heavy (non-hydrogen) atoms. The molecule has 0 bridgehead atoms. The molecule has 16 nitrogen and oxygen atoms in total. The van der Waals surface area contributed by atoms with Gasteiger partial charge in [-0.2, -0.15) is 10.2 Å². The maximum Gasteiger partial charge on any atom is 0.343 e. The van der Waals surface area contributed by atoms with Gasteiger partial charge in [-0.25, -0.2) is 29.1 Å². The predicted molar refractivity (Wildman–Crippen MR) is 315 cm³/mol. The van der Waals surface area contributed by atoms with Crippen LogP contribution in [0.3, 0.4) is 0 Å². The van der Waals surface area contributed by atoms with Crippen molar-refractivity contribution in [2.45, 2.75) is 64.2 Å². The Balaban J connectivity index is 0.920. The number of ether oxygens (including phenoxy) is 6. The quantitative estimate of drug-likeness (QED) is 0.0104. The summed E-state index contributed by atoms with van der Waals surface area (Å²) in [7, 11) is 0. The summed E-state index contributed by atoms with van der Waals surface area (Å²) in [4.78, 5) is 58.9. The SMILES string of the molecule is C=CC(=O)OCCCCCCOc1ccc(C(=O)Oc2ccc(CCc3ccc(OC(=O)c4ccc(OCCCCCCOC(=O)C=C)cc4)c(/C=N/Nc4nc5ccccc5s4)c3)cc2/C=N/Nc2nc3ccccc3s2)cc1. The van der Waals surface area contributed by atoms with Crippen LogP contribution in [0.4, 0.5) is 10.3 Å². The number of unbranched alkanes of at least 4 members (excludes halogenated alkanes) is 6. The van der Waals surface area contributed by atoms with Crippen molar-refractivity contribution in [1.82, 2.24) is 9.97 Å². The minimum atomic E-state index is -0.546. The molecule has 0 atom stereocenters. The van der Waals surface area contributed by atoms with E-state index in [-0.39, 0.29) is 0 Å². The number of nitrogens with one attached hydrogen (secondary N) is 2. The lowest BCUT2D eigenvalue weighted by Gasteiger charge is -2.12. The van der Waals surface area contributed by atoms with Crippen LogP contribution in [0, 0.1) is 0 Å². The number of esters is 4. The normalized spacial score (nSPS) is 11.2. The second-order valence-electron chi connectivity index (χ2n) is 18.1. The molecule has 6 aromatic carbocycles. The van der Waals surface area contributed by atoms with E-state index in [4.69, 9.17) is 28.4 Å². The number of hydrogen-bond acceptors (Lipinski definition) is 18. The number of fused-ring (bicyclic) bond motifs is 2. The Morgan fingerprint density at radius 2 is 0.887 bits per heavy atom. The standard InChI is InChI=1S/C62H60N6O10S2/c1-3-57(69)75-37-15-7-5-13-35-73-49-29-25-45(26-30-49)59(71)77-53-33-23-43(39-47(53)41-63-67-61-65-51-17-9-11-19-55(51)79-61)21-22-44-24-34-54(48(40-44)42-64-68-62-66-52-18-10-12-20-56(52)80-62)78-60(72)46-27-31-50(32-28-46)74-36-14-6-8-16-38-76-58(70)4-2/h3-4,9-12,17-20,23-34,39-42H,1-2,5-8,13-16,21-22,35-38H2,(H,65,67)(H,66,68)/b63-41+,64-42+. The highest BCUT2D eigenvalue weighted by molar-refractivity contribution is 7.22. The Labute approximate surface area is 471 Å². The maximum atomic E-state index is 13.6. The van der Waals surface area contributed by atoms with Crippen LogP contribution in [-0.4, -0.2) is 72.7 Å². The van der Waals surface area contributed by atoms with Crippen molar-refractivity contribution >= 4 is 89.7 Å². The van der Waals surface area contributed by atoms with Gasteiger partial charge >= 0.3 is 23.9 Å². The molecule has 18 heteroatoms. The average Bonchev–Trinajstić information content (AvgIpc) is 4.12. The molecule has 0 aliphatic heterocycles. The van der Waals surface area contributed by atoms with E-state index in [1.54, 1.807) is 73.1 Å². The summed E-state index contributed by atoms with van der Waals surface area (Å²) in [5.41, 5.74) is 11.5. The van der Waals surface area contributed by atoms with Gasteiger partial charge in [-0.05, 0) is 172 Å². The van der Waals surface area contributed by atoms with Crippen molar-refractivity contribution in [3.63, 3.8) is 0 Å². The molecule has 0 fully saturated rings. The van der Waals surface area contributed by atoms with E-state index >= 15 is 0 Å². The van der Waals surface area contributed by atoms with E-state index in [2.05, 4.69) is 44.2 Å². The summed E-state index contributed by atoms with van der Waals surface area (Å²) < 4.78 is 35.9. The highest BCUT2D eigenvalue weighted by Crippen LogP contribution is 2.29. The molecule has 8 rings (SSSR count). The molecule has 2 N–H and O–H groups in total. The zero-order valence-electron chi connectivity index (χ0n) is 44.0. The topological polar surface area (TPSA) is 198 Å². The number of carbonyl (C=O) groups excluding carboxylic acids is 4. The van der Waals surface area contributed by atoms with Crippen LogP contribution in [0.15, 0.2) is 169 Å². The zero-order chi connectivity index (χ0) is 55.7. The average molecular weight is 1110 g/mol. The molecule has 0 radical (unpaired) electrons. The van der Waals surface area contributed by atoms with E-state index in [0.29, 0.717) is 94.8 Å². The first-order valence-electron chi connectivity index (χ1n) is 26.2.